The van der Waals surface area contributed by atoms with Crippen LogP contribution >= 0.6 is 15.9 Å². The fourth-order valence-corrected chi connectivity index (χ4v) is 3.25. The van der Waals surface area contributed by atoms with E-state index in [1.54, 1.807) is 12.3 Å². The van der Waals surface area contributed by atoms with E-state index in [1.807, 2.05) is 41.3 Å². The van der Waals surface area contributed by atoms with Crippen LogP contribution in [0.3, 0.4) is 0 Å². The molecule has 0 spiro atoms. The van der Waals surface area contributed by atoms with Gasteiger partial charge in [0.1, 0.15) is 5.82 Å². The maximum absolute atomic E-state index is 12.5. The Hall–Kier alpha value is -2.25. The molecule has 0 radical (unpaired) electrons. The van der Waals surface area contributed by atoms with Gasteiger partial charge in [0, 0.05) is 22.9 Å². The first-order valence-corrected chi connectivity index (χ1v) is 9.39. The van der Waals surface area contributed by atoms with E-state index < -0.39 is 0 Å². The standard InChI is InChI=1S/C19H21BrN4O2/c20-15-8-9-17(21-11-15)23-18(25)13-24-10-4-5-14(12-24)19(26)22-16-6-2-1-3-7-16/h1-3,6-9,11,14H,4-5,10,12-13H2,(H,22,26)(H,21,23,25). The number of rotatable bonds is 5. The molecule has 1 unspecified atom stereocenters. The first-order valence-electron chi connectivity index (χ1n) is 8.60. The van der Waals surface area contributed by atoms with Crippen molar-refractivity contribution in [1.29, 1.82) is 0 Å². The first-order chi connectivity index (χ1) is 12.6. The van der Waals surface area contributed by atoms with E-state index in [0.717, 1.165) is 29.5 Å². The van der Waals surface area contributed by atoms with E-state index in [2.05, 4.69) is 31.5 Å². The molecule has 1 aliphatic heterocycles. The summed E-state index contributed by atoms with van der Waals surface area (Å²) in [6.07, 6.45) is 3.38. The zero-order valence-electron chi connectivity index (χ0n) is 14.3. The number of aromatic nitrogens is 1. The predicted octanol–water partition coefficient (Wildman–Crippen LogP) is 3.13. The van der Waals surface area contributed by atoms with Crippen LogP contribution < -0.4 is 10.6 Å². The molecule has 1 aliphatic rings. The number of para-hydroxylation sites is 1. The molecule has 0 saturated carbocycles. The Balaban J connectivity index is 1.50. The lowest BCUT2D eigenvalue weighted by Gasteiger charge is -2.31. The topological polar surface area (TPSA) is 74.3 Å². The van der Waals surface area contributed by atoms with Crippen molar-refractivity contribution in [3.63, 3.8) is 0 Å². The molecule has 2 aromatic rings. The van der Waals surface area contributed by atoms with Gasteiger partial charge in [-0.3, -0.25) is 14.5 Å². The Labute approximate surface area is 161 Å². The van der Waals surface area contributed by atoms with Crippen molar-refractivity contribution in [1.82, 2.24) is 9.88 Å². The molecular weight excluding hydrogens is 396 g/mol. The summed E-state index contributed by atoms with van der Waals surface area (Å²) in [7, 11) is 0. The van der Waals surface area contributed by atoms with Gasteiger partial charge in [0.15, 0.2) is 0 Å². The highest BCUT2D eigenvalue weighted by molar-refractivity contribution is 9.10. The highest BCUT2D eigenvalue weighted by Crippen LogP contribution is 2.19. The van der Waals surface area contributed by atoms with Crippen LogP contribution in [0.2, 0.25) is 0 Å². The van der Waals surface area contributed by atoms with Crippen LogP contribution in [0.25, 0.3) is 0 Å². The van der Waals surface area contributed by atoms with Crippen molar-refractivity contribution in [2.45, 2.75) is 12.8 Å². The third-order valence-corrected chi connectivity index (χ3v) is 4.75. The van der Waals surface area contributed by atoms with Gasteiger partial charge in [0.05, 0.1) is 12.5 Å². The number of piperidine rings is 1. The second-order valence-electron chi connectivity index (χ2n) is 6.34. The number of nitrogens with one attached hydrogen (secondary N) is 2. The van der Waals surface area contributed by atoms with Gasteiger partial charge in [-0.2, -0.15) is 0 Å². The van der Waals surface area contributed by atoms with Crippen LogP contribution in [0.4, 0.5) is 11.5 Å². The highest BCUT2D eigenvalue weighted by atomic mass is 79.9. The van der Waals surface area contributed by atoms with Crippen LogP contribution in [0.1, 0.15) is 12.8 Å². The Morgan fingerprint density at radius 1 is 1.15 bits per heavy atom. The molecule has 136 valence electrons. The number of hydrogen-bond donors (Lipinski definition) is 2. The Morgan fingerprint density at radius 3 is 2.69 bits per heavy atom. The molecule has 2 N–H and O–H groups in total. The van der Waals surface area contributed by atoms with Gasteiger partial charge in [-0.05, 0) is 59.6 Å². The molecular formula is C19H21BrN4O2. The molecule has 1 aromatic carbocycles. The summed E-state index contributed by atoms with van der Waals surface area (Å²) in [5, 5.41) is 5.74. The minimum atomic E-state index is -0.121. The minimum absolute atomic E-state index is 0.0101. The summed E-state index contributed by atoms with van der Waals surface area (Å²) in [5.41, 5.74) is 0.800. The lowest BCUT2D eigenvalue weighted by atomic mass is 9.97. The highest BCUT2D eigenvalue weighted by Gasteiger charge is 2.26. The Kier molecular flexibility index (Phi) is 6.35. The van der Waals surface area contributed by atoms with E-state index in [0.29, 0.717) is 12.4 Å². The summed E-state index contributed by atoms with van der Waals surface area (Å²) in [4.78, 5) is 30.9. The summed E-state index contributed by atoms with van der Waals surface area (Å²) in [5.74, 6) is 0.302. The number of halogens is 1. The van der Waals surface area contributed by atoms with Crippen molar-refractivity contribution < 1.29 is 9.59 Å². The van der Waals surface area contributed by atoms with Crippen molar-refractivity contribution in [3.05, 3.63) is 53.1 Å². The summed E-state index contributed by atoms with van der Waals surface area (Å²) in [6.45, 7) is 1.66. The van der Waals surface area contributed by atoms with Crippen molar-refractivity contribution in [3.8, 4) is 0 Å². The van der Waals surface area contributed by atoms with Crippen LogP contribution in [-0.4, -0.2) is 41.3 Å². The molecule has 2 heterocycles. The fraction of sp³-hybridized carbons (Fsp3) is 0.316. The number of likely N-dealkylation sites (tertiary alicyclic amines) is 1. The molecule has 0 bridgehead atoms. The molecule has 1 aromatic heterocycles. The molecule has 1 atom stereocenters. The summed E-state index contributed by atoms with van der Waals surface area (Å²) < 4.78 is 0.860. The van der Waals surface area contributed by atoms with E-state index in [4.69, 9.17) is 0 Å². The van der Waals surface area contributed by atoms with E-state index in [-0.39, 0.29) is 24.3 Å². The second-order valence-corrected chi connectivity index (χ2v) is 7.26. The maximum Gasteiger partial charge on any atom is 0.239 e. The van der Waals surface area contributed by atoms with Crippen molar-refractivity contribution in [2.24, 2.45) is 5.92 Å². The quantitative estimate of drug-likeness (QED) is 0.784. The lowest BCUT2D eigenvalue weighted by Crippen LogP contribution is -2.44. The zero-order chi connectivity index (χ0) is 18.4. The number of benzene rings is 1. The number of carbonyl (C=O) groups excluding carboxylic acids is 2. The Bertz CT molecular complexity index is 752. The summed E-state index contributed by atoms with van der Waals surface area (Å²) in [6, 6.07) is 13.0. The number of nitrogens with zero attached hydrogens (tertiary/aromatic N) is 2. The monoisotopic (exact) mass is 416 g/mol. The average molecular weight is 417 g/mol. The zero-order valence-corrected chi connectivity index (χ0v) is 15.9. The largest absolute Gasteiger partial charge is 0.326 e. The fourth-order valence-electron chi connectivity index (χ4n) is 3.01. The molecule has 6 nitrogen and oxygen atoms in total. The molecule has 26 heavy (non-hydrogen) atoms. The summed E-state index contributed by atoms with van der Waals surface area (Å²) >= 11 is 3.31. The molecule has 2 amide bonds. The number of carbonyl (C=O) groups is 2. The molecule has 3 rings (SSSR count). The van der Waals surface area contributed by atoms with Gasteiger partial charge in [0.2, 0.25) is 11.8 Å². The van der Waals surface area contributed by atoms with Crippen LogP contribution in [-0.2, 0) is 9.59 Å². The van der Waals surface area contributed by atoms with Gasteiger partial charge in [0.25, 0.3) is 0 Å². The minimum Gasteiger partial charge on any atom is -0.326 e. The predicted molar refractivity (Wildman–Crippen MR) is 105 cm³/mol. The molecule has 1 fully saturated rings. The normalized spacial score (nSPS) is 17.5. The lowest BCUT2D eigenvalue weighted by molar-refractivity contribution is -0.123. The number of anilines is 2. The molecule has 0 aliphatic carbocycles. The van der Waals surface area contributed by atoms with Crippen LogP contribution in [0, 0.1) is 5.92 Å². The Morgan fingerprint density at radius 2 is 1.96 bits per heavy atom. The van der Waals surface area contributed by atoms with Gasteiger partial charge in [-0.15, -0.1) is 0 Å². The third kappa shape index (κ3) is 5.37. The SMILES string of the molecule is O=C(CN1CCCC(C(=O)Nc2ccccc2)C1)Nc1ccc(Br)cn1. The van der Waals surface area contributed by atoms with E-state index >= 15 is 0 Å². The average Bonchev–Trinajstić information content (AvgIpc) is 2.64. The van der Waals surface area contributed by atoms with Gasteiger partial charge in [-0.25, -0.2) is 4.98 Å². The van der Waals surface area contributed by atoms with Crippen LogP contribution in [0.5, 0.6) is 0 Å². The van der Waals surface area contributed by atoms with Gasteiger partial charge >= 0.3 is 0 Å². The van der Waals surface area contributed by atoms with Crippen LogP contribution in [0.15, 0.2) is 53.1 Å². The number of pyridine rings is 1. The second kappa shape index (κ2) is 8.91. The van der Waals surface area contributed by atoms with Crippen molar-refractivity contribution in [2.75, 3.05) is 30.3 Å². The number of hydrogen-bond acceptors (Lipinski definition) is 4. The van der Waals surface area contributed by atoms with Crippen molar-refractivity contribution >= 4 is 39.2 Å². The van der Waals surface area contributed by atoms with Gasteiger partial charge in [-0.1, -0.05) is 18.2 Å². The van der Waals surface area contributed by atoms with E-state index in [9.17, 15) is 9.59 Å². The molecule has 1 saturated heterocycles. The first kappa shape index (κ1) is 18.5. The smallest absolute Gasteiger partial charge is 0.239 e. The van der Waals surface area contributed by atoms with Gasteiger partial charge < -0.3 is 10.6 Å². The third-order valence-electron chi connectivity index (χ3n) is 4.28. The maximum atomic E-state index is 12.5. The van der Waals surface area contributed by atoms with E-state index in [1.165, 1.54) is 0 Å². The number of amides is 2. The molecule has 7 heteroatoms.